The second-order valence-electron chi connectivity index (χ2n) is 8.94. The molecule has 2 aromatic heterocycles. The molecule has 0 radical (unpaired) electrons. The Labute approximate surface area is 218 Å². The molecule has 0 aliphatic rings. The first-order chi connectivity index (χ1) is 18.3. The van der Waals surface area contributed by atoms with Gasteiger partial charge in [0, 0.05) is 31.3 Å². The predicted octanol–water partition coefficient (Wildman–Crippen LogP) is 8.91. The highest BCUT2D eigenvalue weighted by Gasteiger charge is 2.14. The lowest BCUT2D eigenvalue weighted by atomic mass is 9.96. The zero-order valence-electron chi connectivity index (χ0n) is 19.9. The van der Waals surface area contributed by atoms with Gasteiger partial charge in [0.05, 0.1) is 0 Å². The molecule has 7 rings (SSSR count). The molecule has 0 aliphatic heterocycles. The highest BCUT2D eigenvalue weighted by molar-refractivity contribution is 7.26. The maximum atomic E-state index is 4.99. The maximum absolute atomic E-state index is 4.99. The van der Waals surface area contributed by atoms with Crippen LogP contribution in [0.4, 0.5) is 0 Å². The third-order valence-electron chi connectivity index (χ3n) is 6.62. The second-order valence-corrected chi connectivity index (χ2v) is 10.00. The monoisotopic (exact) mass is 491 g/mol. The smallest absolute Gasteiger partial charge is 0.164 e. The first-order valence-corrected chi connectivity index (χ1v) is 13.0. The average Bonchev–Trinajstić information content (AvgIpc) is 3.37. The van der Waals surface area contributed by atoms with Gasteiger partial charge < -0.3 is 0 Å². The van der Waals surface area contributed by atoms with Crippen LogP contribution in [0.1, 0.15) is 0 Å². The molecule has 0 bridgehead atoms. The molecular weight excluding hydrogens is 470 g/mol. The van der Waals surface area contributed by atoms with Crippen LogP contribution in [0, 0.1) is 0 Å². The van der Waals surface area contributed by atoms with E-state index in [4.69, 9.17) is 4.98 Å². The van der Waals surface area contributed by atoms with Crippen molar-refractivity contribution in [2.75, 3.05) is 0 Å². The SMILES string of the molecule is c1ccc(-c2cc(-c3ccccc3)cc(-c3ncnc(-c4cccc5c4sc4ccccc45)n3)c2)cc1. The molecule has 2 heterocycles. The van der Waals surface area contributed by atoms with E-state index in [0.29, 0.717) is 11.6 Å². The number of hydrogen-bond acceptors (Lipinski definition) is 4. The topological polar surface area (TPSA) is 38.7 Å². The van der Waals surface area contributed by atoms with E-state index in [0.717, 1.165) is 33.4 Å². The zero-order chi connectivity index (χ0) is 24.6. The van der Waals surface area contributed by atoms with Crippen molar-refractivity contribution in [3.63, 3.8) is 0 Å². The number of thiophene rings is 1. The molecule has 174 valence electrons. The van der Waals surface area contributed by atoms with Crippen molar-refractivity contribution >= 4 is 31.5 Å². The molecule has 0 amide bonds. The Morgan fingerprint density at radius 1 is 0.459 bits per heavy atom. The molecule has 0 N–H and O–H groups in total. The molecule has 4 heteroatoms. The number of benzene rings is 5. The quantitative estimate of drug-likeness (QED) is 0.247. The third kappa shape index (κ3) is 3.98. The Morgan fingerprint density at radius 3 is 1.78 bits per heavy atom. The van der Waals surface area contributed by atoms with E-state index >= 15 is 0 Å². The Bertz CT molecular complexity index is 1820. The van der Waals surface area contributed by atoms with E-state index in [1.165, 1.54) is 20.2 Å². The van der Waals surface area contributed by atoms with Gasteiger partial charge in [-0.25, -0.2) is 15.0 Å². The van der Waals surface area contributed by atoms with Crippen LogP contribution in [0.2, 0.25) is 0 Å². The van der Waals surface area contributed by atoms with E-state index in [9.17, 15) is 0 Å². The minimum atomic E-state index is 0.665. The molecule has 3 nitrogen and oxygen atoms in total. The third-order valence-corrected chi connectivity index (χ3v) is 7.84. The van der Waals surface area contributed by atoms with Crippen molar-refractivity contribution in [2.24, 2.45) is 0 Å². The van der Waals surface area contributed by atoms with E-state index in [1.54, 1.807) is 17.7 Å². The maximum Gasteiger partial charge on any atom is 0.164 e. The summed E-state index contributed by atoms with van der Waals surface area (Å²) in [5.41, 5.74) is 6.57. The number of nitrogens with zero attached hydrogens (tertiary/aromatic N) is 3. The number of aromatic nitrogens is 3. The van der Waals surface area contributed by atoms with Crippen molar-refractivity contribution in [3.8, 4) is 45.0 Å². The van der Waals surface area contributed by atoms with Gasteiger partial charge in [0.1, 0.15) is 6.33 Å². The molecule has 0 spiro atoms. The highest BCUT2D eigenvalue weighted by Crippen LogP contribution is 2.39. The summed E-state index contributed by atoms with van der Waals surface area (Å²) in [5.74, 6) is 1.35. The van der Waals surface area contributed by atoms with E-state index < -0.39 is 0 Å². The summed E-state index contributed by atoms with van der Waals surface area (Å²) in [6.07, 6.45) is 1.63. The van der Waals surface area contributed by atoms with Gasteiger partial charge >= 0.3 is 0 Å². The minimum Gasteiger partial charge on any atom is -0.217 e. The van der Waals surface area contributed by atoms with Gasteiger partial charge in [-0.1, -0.05) is 91.0 Å². The van der Waals surface area contributed by atoms with Gasteiger partial charge in [-0.2, -0.15) is 0 Å². The van der Waals surface area contributed by atoms with Crippen molar-refractivity contribution in [1.82, 2.24) is 15.0 Å². The summed E-state index contributed by atoms with van der Waals surface area (Å²) in [6.45, 7) is 0. The molecule has 5 aromatic carbocycles. The van der Waals surface area contributed by atoms with Crippen LogP contribution >= 0.6 is 11.3 Å². The number of fused-ring (bicyclic) bond motifs is 3. The summed E-state index contributed by atoms with van der Waals surface area (Å²) < 4.78 is 2.46. The normalized spacial score (nSPS) is 11.2. The Kier molecular flexibility index (Phi) is 5.30. The van der Waals surface area contributed by atoms with Crippen LogP contribution < -0.4 is 0 Å². The molecule has 0 saturated carbocycles. The average molecular weight is 492 g/mol. The predicted molar refractivity (Wildman–Crippen MR) is 154 cm³/mol. The number of rotatable bonds is 4. The van der Waals surface area contributed by atoms with Crippen LogP contribution in [0.3, 0.4) is 0 Å². The fraction of sp³-hybridized carbons (Fsp3) is 0. The summed E-state index contributed by atoms with van der Waals surface area (Å²) in [4.78, 5) is 14.2. The fourth-order valence-electron chi connectivity index (χ4n) is 4.84. The molecule has 0 saturated heterocycles. The molecule has 0 fully saturated rings. The van der Waals surface area contributed by atoms with Gasteiger partial charge in [-0.3, -0.25) is 0 Å². The van der Waals surface area contributed by atoms with Gasteiger partial charge in [0.15, 0.2) is 11.6 Å². The minimum absolute atomic E-state index is 0.665. The van der Waals surface area contributed by atoms with Gasteiger partial charge in [0.2, 0.25) is 0 Å². The molecule has 0 atom stereocenters. The molecule has 7 aromatic rings. The molecule has 37 heavy (non-hydrogen) atoms. The van der Waals surface area contributed by atoms with Crippen LogP contribution in [-0.2, 0) is 0 Å². The Balaban J connectivity index is 1.40. The Morgan fingerprint density at radius 2 is 1.05 bits per heavy atom. The van der Waals surface area contributed by atoms with E-state index in [2.05, 4.69) is 119 Å². The van der Waals surface area contributed by atoms with E-state index in [-0.39, 0.29) is 0 Å². The standard InChI is InChI=1S/C33H21N3S/c1-3-10-22(11-4-1)24-18-25(23-12-5-2-6-13-23)20-26(19-24)32-34-21-35-33(36-32)29-16-9-15-28-27-14-7-8-17-30(27)37-31(28)29/h1-21H. The summed E-state index contributed by atoms with van der Waals surface area (Å²) in [6, 6.07) is 42.3. The lowest BCUT2D eigenvalue weighted by molar-refractivity contribution is 1.07. The summed E-state index contributed by atoms with van der Waals surface area (Å²) in [5, 5.41) is 2.50. The van der Waals surface area contributed by atoms with Crippen LogP contribution in [-0.4, -0.2) is 15.0 Å². The molecule has 0 aliphatic carbocycles. The summed E-state index contributed by atoms with van der Waals surface area (Å²) >= 11 is 1.78. The lowest BCUT2D eigenvalue weighted by Crippen LogP contribution is -1.96. The van der Waals surface area contributed by atoms with Gasteiger partial charge in [0.25, 0.3) is 0 Å². The zero-order valence-corrected chi connectivity index (χ0v) is 20.7. The van der Waals surface area contributed by atoms with Crippen molar-refractivity contribution in [2.45, 2.75) is 0 Å². The molecule has 0 unspecified atom stereocenters. The van der Waals surface area contributed by atoms with Crippen molar-refractivity contribution in [3.05, 3.63) is 128 Å². The van der Waals surface area contributed by atoms with E-state index in [1.807, 2.05) is 12.1 Å². The second kappa shape index (κ2) is 9.08. The first-order valence-electron chi connectivity index (χ1n) is 12.2. The lowest BCUT2D eigenvalue weighted by Gasteiger charge is -2.11. The fourth-order valence-corrected chi connectivity index (χ4v) is 6.05. The Hall–Kier alpha value is -4.67. The first kappa shape index (κ1) is 21.6. The molecular formula is C33H21N3S. The van der Waals surface area contributed by atoms with Gasteiger partial charge in [-0.05, 0) is 52.6 Å². The van der Waals surface area contributed by atoms with Crippen molar-refractivity contribution < 1.29 is 0 Å². The van der Waals surface area contributed by atoms with Gasteiger partial charge in [-0.15, -0.1) is 11.3 Å². The highest BCUT2D eigenvalue weighted by atomic mass is 32.1. The van der Waals surface area contributed by atoms with Crippen LogP contribution in [0.25, 0.3) is 65.2 Å². The van der Waals surface area contributed by atoms with Crippen molar-refractivity contribution in [1.29, 1.82) is 0 Å². The van der Waals surface area contributed by atoms with Crippen LogP contribution in [0.15, 0.2) is 128 Å². The largest absolute Gasteiger partial charge is 0.217 e. The number of hydrogen-bond donors (Lipinski definition) is 0. The van der Waals surface area contributed by atoms with Crippen LogP contribution in [0.5, 0.6) is 0 Å². The summed E-state index contributed by atoms with van der Waals surface area (Å²) in [7, 11) is 0.